The number of hydrogen-bond acceptors (Lipinski definition) is 4. The molecule has 0 aromatic rings. The number of rotatable bonds is 5. The fraction of sp³-hybridized carbons (Fsp3) is 0.818. The lowest BCUT2D eigenvalue weighted by Crippen LogP contribution is -2.46. The molecule has 6 nitrogen and oxygen atoms in total. The smallest absolute Gasteiger partial charge is 0.332 e. The Balaban J connectivity index is 2.46. The molecule has 3 N–H and O–H groups in total. The van der Waals surface area contributed by atoms with Crippen LogP contribution in [0.25, 0.3) is 0 Å². The van der Waals surface area contributed by atoms with E-state index >= 15 is 0 Å². The van der Waals surface area contributed by atoms with Crippen LogP contribution in [0, 0.1) is 5.92 Å². The van der Waals surface area contributed by atoms with Gasteiger partial charge in [0.25, 0.3) is 0 Å². The number of aliphatic carboxylic acids is 1. The summed E-state index contributed by atoms with van der Waals surface area (Å²) < 4.78 is 5.12. The Hall–Kier alpha value is -1.14. The van der Waals surface area contributed by atoms with Gasteiger partial charge in [-0.05, 0) is 18.8 Å². The van der Waals surface area contributed by atoms with E-state index in [9.17, 15) is 9.59 Å². The molecule has 0 radical (unpaired) electrons. The molecule has 1 saturated heterocycles. The maximum absolute atomic E-state index is 11.7. The van der Waals surface area contributed by atoms with Crippen molar-refractivity contribution in [2.24, 2.45) is 5.92 Å². The third-order valence-electron chi connectivity index (χ3n) is 2.92. The van der Waals surface area contributed by atoms with Gasteiger partial charge in [-0.3, -0.25) is 4.79 Å². The van der Waals surface area contributed by atoms with Crippen LogP contribution in [0.1, 0.15) is 26.7 Å². The highest BCUT2D eigenvalue weighted by atomic mass is 16.5. The van der Waals surface area contributed by atoms with E-state index in [1.165, 1.54) is 0 Å². The average Bonchev–Trinajstić information content (AvgIpc) is 2.74. The number of amides is 1. The first-order valence-electron chi connectivity index (χ1n) is 5.75. The minimum absolute atomic E-state index is 0.112. The standard InChI is InChI=1S/C11H19NO5/c1-6(2)7(5-13)12-10(14)8-3-4-9(17-8)11(15)16/h6-9,13H,3-5H2,1-2H3,(H,12,14)(H,15,16)/t7-,8?,9?/m1/s1. The number of aliphatic hydroxyl groups is 1. The van der Waals surface area contributed by atoms with Crippen LogP contribution in [0.4, 0.5) is 0 Å². The quantitative estimate of drug-likeness (QED) is 0.621. The maximum atomic E-state index is 11.7. The second kappa shape index (κ2) is 5.97. The molecular weight excluding hydrogens is 226 g/mol. The molecule has 1 aliphatic rings. The highest BCUT2D eigenvalue weighted by Gasteiger charge is 2.35. The second-order valence-electron chi connectivity index (χ2n) is 4.57. The lowest BCUT2D eigenvalue weighted by molar-refractivity contribution is -0.152. The number of ether oxygens (including phenoxy) is 1. The molecule has 0 spiro atoms. The van der Waals surface area contributed by atoms with E-state index < -0.39 is 18.2 Å². The summed E-state index contributed by atoms with van der Waals surface area (Å²) in [5, 5.41) is 20.5. The van der Waals surface area contributed by atoms with Gasteiger partial charge in [-0.25, -0.2) is 4.79 Å². The number of carbonyl (C=O) groups is 2. The zero-order valence-corrected chi connectivity index (χ0v) is 10.0. The summed E-state index contributed by atoms with van der Waals surface area (Å²) in [6, 6.07) is -0.324. The molecule has 1 fully saturated rings. The third kappa shape index (κ3) is 3.67. The highest BCUT2D eigenvalue weighted by molar-refractivity contribution is 5.82. The Morgan fingerprint density at radius 3 is 2.35 bits per heavy atom. The van der Waals surface area contributed by atoms with Crippen molar-refractivity contribution in [2.45, 2.75) is 44.9 Å². The Kier molecular flexibility index (Phi) is 4.89. The summed E-state index contributed by atoms with van der Waals surface area (Å²) in [5.41, 5.74) is 0. The molecule has 0 aromatic carbocycles. The minimum atomic E-state index is -1.04. The maximum Gasteiger partial charge on any atom is 0.332 e. The van der Waals surface area contributed by atoms with Crippen molar-refractivity contribution >= 4 is 11.9 Å². The van der Waals surface area contributed by atoms with E-state index in [0.717, 1.165) is 0 Å². The molecule has 17 heavy (non-hydrogen) atoms. The number of carboxylic acids is 1. The van der Waals surface area contributed by atoms with Gasteiger partial charge in [0.1, 0.15) is 6.10 Å². The molecule has 0 bridgehead atoms. The number of hydrogen-bond donors (Lipinski definition) is 3. The van der Waals surface area contributed by atoms with Crippen LogP contribution in [0.3, 0.4) is 0 Å². The van der Waals surface area contributed by atoms with Crippen LogP contribution >= 0.6 is 0 Å². The highest BCUT2D eigenvalue weighted by Crippen LogP contribution is 2.20. The molecule has 0 aromatic heterocycles. The fourth-order valence-corrected chi connectivity index (χ4v) is 1.71. The Labute approximate surface area is 100.0 Å². The molecule has 1 heterocycles. The lowest BCUT2D eigenvalue weighted by atomic mass is 10.0. The van der Waals surface area contributed by atoms with Gasteiger partial charge >= 0.3 is 5.97 Å². The average molecular weight is 245 g/mol. The summed E-state index contributed by atoms with van der Waals surface area (Å²) in [6.07, 6.45) is -0.862. The van der Waals surface area contributed by atoms with Crippen LogP contribution in [-0.2, 0) is 14.3 Å². The van der Waals surface area contributed by atoms with E-state index in [2.05, 4.69) is 5.32 Å². The summed E-state index contributed by atoms with van der Waals surface area (Å²) in [4.78, 5) is 22.4. The van der Waals surface area contributed by atoms with Crippen LogP contribution < -0.4 is 5.32 Å². The number of carbonyl (C=O) groups excluding carboxylic acids is 1. The van der Waals surface area contributed by atoms with Gasteiger partial charge in [0, 0.05) is 0 Å². The summed E-state index contributed by atoms with van der Waals surface area (Å²) >= 11 is 0. The molecular formula is C11H19NO5. The molecule has 1 aliphatic heterocycles. The molecule has 0 saturated carbocycles. The largest absolute Gasteiger partial charge is 0.479 e. The van der Waals surface area contributed by atoms with E-state index in [4.69, 9.17) is 14.9 Å². The summed E-state index contributed by atoms with van der Waals surface area (Å²) in [5.74, 6) is -1.27. The number of aliphatic hydroxyl groups excluding tert-OH is 1. The zero-order chi connectivity index (χ0) is 13.0. The lowest BCUT2D eigenvalue weighted by Gasteiger charge is -2.21. The van der Waals surface area contributed by atoms with Gasteiger partial charge in [-0.2, -0.15) is 0 Å². The molecule has 0 aliphatic carbocycles. The van der Waals surface area contributed by atoms with Crippen LogP contribution in [0.5, 0.6) is 0 Å². The molecule has 98 valence electrons. The van der Waals surface area contributed by atoms with Crippen LogP contribution in [0.15, 0.2) is 0 Å². The van der Waals surface area contributed by atoms with E-state index in [0.29, 0.717) is 12.8 Å². The van der Waals surface area contributed by atoms with Crippen LogP contribution in [-0.4, -0.2) is 46.9 Å². The monoisotopic (exact) mass is 245 g/mol. The van der Waals surface area contributed by atoms with E-state index in [1.54, 1.807) is 0 Å². The first kappa shape index (κ1) is 13.9. The molecule has 1 amide bonds. The van der Waals surface area contributed by atoms with Crippen molar-refractivity contribution < 1.29 is 24.5 Å². The molecule has 3 atom stereocenters. The van der Waals surface area contributed by atoms with Crippen molar-refractivity contribution in [3.63, 3.8) is 0 Å². The normalized spacial score (nSPS) is 25.9. The van der Waals surface area contributed by atoms with Crippen molar-refractivity contribution in [2.75, 3.05) is 6.61 Å². The van der Waals surface area contributed by atoms with Crippen LogP contribution in [0.2, 0.25) is 0 Å². The van der Waals surface area contributed by atoms with Gasteiger partial charge < -0.3 is 20.3 Å². The number of carboxylic acid groups (broad SMARTS) is 1. The SMILES string of the molecule is CC(C)[C@@H](CO)NC(=O)C1CCC(C(=O)O)O1. The predicted octanol–water partition coefficient (Wildman–Crippen LogP) is -0.248. The van der Waals surface area contributed by atoms with Gasteiger partial charge in [-0.15, -0.1) is 0 Å². The Bertz CT molecular complexity index is 292. The van der Waals surface area contributed by atoms with Crippen molar-refractivity contribution in [3.8, 4) is 0 Å². The third-order valence-corrected chi connectivity index (χ3v) is 2.92. The van der Waals surface area contributed by atoms with Gasteiger partial charge in [0.2, 0.25) is 5.91 Å². The molecule has 2 unspecified atom stereocenters. The van der Waals surface area contributed by atoms with Crippen molar-refractivity contribution in [3.05, 3.63) is 0 Å². The topological polar surface area (TPSA) is 95.9 Å². The zero-order valence-electron chi connectivity index (χ0n) is 10.0. The van der Waals surface area contributed by atoms with E-state index in [-0.39, 0.29) is 24.5 Å². The first-order chi connectivity index (χ1) is 7.95. The summed E-state index contributed by atoms with van der Waals surface area (Å²) in [6.45, 7) is 3.63. The predicted molar refractivity (Wildman–Crippen MR) is 59.4 cm³/mol. The summed E-state index contributed by atoms with van der Waals surface area (Å²) in [7, 11) is 0. The van der Waals surface area contributed by atoms with Gasteiger partial charge in [-0.1, -0.05) is 13.8 Å². The Morgan fingerprint density at radius 1 is 1.35 bits per heavy atom. The van der Waals surface area contributed by atoms with E-state index in [1.807, 2.05) is 13.8 Å². The molecule has 6 heteroatoms. The number of nitrogens with one attached hydrogen (secondary N) is 1. The first-order valence-corrected chi connectivity index (χ1v) is 5.75. The van der Waals surface area contributed by atoms with Gasteiger partial charge in [0.15, 0.2) is 6.10 Å². The minimum Gasteiger partial charge on any atom is -0.479 e. The molecule has 1 rings (SSSR count). The fourth-order valence-electron chi connectivity index (χ4n) is 1.71. The second-order valence-corrected chi connectivity index (χ2v) is 4.57. The van der Waals surface area contributed by atoms with Crippen molar-refractivity contribution in [1.29, 1.82) is 0 Å². The van der Waals surface area contributed by atoms with Gasteiger partial charge in [0.05, 0.1) is 12.6 Å². The van der Waals surface area contributed by atoms with Crippen molar-refractivity contribution in [1.82, 2.24) is 5.32 Å². The Morgan fingerprint density at radius 2 is 1.94 bits per heavy atom.